The van der Waals surface area contributed by atoms with E-state index >= 15 is 0 Å². The van der Waals surface area contributed by atoms with Crippen molar-refractivity contribution in [1.82, 2.24) is 14.7 Å². The van der Waals surface area contributed by atoms with Crippen molar-refractivity contribution in [3.05, 3.63) is 65.7 Å². The molecule has 1 aliphatic rings. The van der Waals surface area contributed by atoms with Gasteiger partial charge >= 0.3 is 6.18 Å². The van der Waals surface area contributed by atoms with E-state index in [1.807, 2.05) is 23.1 Å². The molecule has 2 amide bonds. The van der Waals surface area contributed by atoms with E-state index in [1.165, 1.54) is 35.7 Å². The zero-order chi connectivity index (χ0) is 23.1. The van der Waals surface area contributed by atoms with Crippen molar-refractivity contribution in [2.75, 3.05) is 51.6 Å². The van der Waals surface area contributed by atoms with Crippen LogP contribution in [0, 0.1) is 0 Å². The van der Waals surface area contributed by atoms with E-state index in [1.54, 1.807) is 0 Å². The van der Waals surface area contributed by atoms with E-state index in [4.69, 9.17) is 0 Å². The first-order chi connectivity index (χ1) is 15.2. The lowest BCUT2D eigenvalue weighted by atomic mass is 10.1. The van der Waals surface area contributed by atoms with Gasteiger partial charge in [0.15, 0.2) is 0 Å². The lowest BCUT2D eigenvalue weighted by molar-refractivity contribution is -0.137. The normalized spacial score (nSPS) is 15.4. The lowest BCUT2D eigenvalue weighted by Crippen LogP contribution is -2.49. The van der Waals surface area contributed by atoms with E-state index in [9.17, 15) is 22.8 Å². The van der Waals surface area contributed by atoms with Crippen molar-refractivity contribution in [2.45, 2.75) is 12.7 Å². The first-order valence-corrected chi connectivity index (χ1v) is 10.4. The molecule has 2 aromatic carbocycles. The Morgan fingerprint density at radius 2 is 1.53 bits per heavy atom. The number of rotatable bonds is 7. The van der Waals surface area contributed by atoms with Crippen LogP contribution in [-0.4, -0.2) is 72.8 Å². The van der Waals surface area contributed by atoms with Gasteiger partial charge in [0.05, 0.1) is 24.3 Å². The van der Waals surface area contributed by atoms with E-state index in [-0.39, 0.29) is 24.7 Å². The number of anilines is 1. The largest absolute Gasteiger partial charge is 0.418 e. The van der Waals surface area contributed by atoms with E-state index in [0.29, 0.717) is 0 Å². The lowest BCUT2D eigenvalue weighted by Gasteiger charge is -2.35. The van der Waals surface area contributed by atoms with E-state index in [2.05, 4.69) is 22.3 Å². The number of likely N-dealkylation sites (N-methyl/N-ethyl adjacent to an activating group) is 1. The summed E-state index contributed by atoms with van der Waals surface area (Å²) in [6, 6.07) is 14.9. The summed E-state index contributed by atoms with van der Waals surface area (Å²) in [5.41, 5.74) is 0.00552. The quantitative estimate of drug-likeness (QED) is 0.708. The van der Waals surface area contributed by atoms with E-state index in [0.717, 1.165) is 38.8 Å². The highest BCUT2D eigenvalue weighted by Crippen LogP contribution is 2.34. The minimum Gasteiger partial charge on any atom is -0.335 e. The van der Waals surface area contributed by atoms with Gasteiger partial charge in [-0.1, -0.05) is 42.5 Å². The Morgan fingerprint density at radius 1 is 0.938 bits per heavy atom. The molecule has 0 spiro atoms. The molecule has 3 rings (SSSR count). The molecule has 0 bridgehead atoms. The molecule has 1 N–H and O–H groups in total. The number of carbonyl (C=O) groups is 2. The molecular formula is C23H27F3N4O2. The maximum absolute atomic E-state index is 13.1. The fourth-order valence-corrected chi connectivity index (χ4v) is 3.59. The number of benzene rings is 2. The van der Waals surface area contributed by atoms with Crippen LogP contribution in [0.5, 0.6) is 0 Å². The Balaban J connectivity index is 1.44. The van der Waals surface area contributed by atoms with Crippen LogP contribution in [0.25, 0.3) is 0 Å². The Hall–Kier alpha value is -2.91. The molecule has 6 nitrogen and oxygen atoms in total. The second-order valence-electron chi connectivity index (χ2n) is 7.88. The summed E-state index contributed by atoms with van der Waals surface area (Å²) >= 11 is 0. The summed E-state index contributed by atoms with van der Waals surface area (Å²) in [4.78, 5) is 30.3. The molecule has 172 valence electrons. The number of hydrogen-bond donors (Lipinski definition) is 1. The number of halogens is 3. The van der Waals surface area contributed by atoms with Crippen molar-refractivity contribution in [3.8, 4) is 0 Å². The number of para-hydroxylation sites is 1. The zero-order valence-corrected chi connectivity index (χ0v) is 17.9. The third-order valence-electron chi connectivity index (χ3n) is 5.39. The van der Waals surface area contributed by atoms with Gasteiger partial charge in [0, 0.05) is 39.8 Å². The van der Waals surface area contributed by atoms with Gasteiger partial charge in [-0.2, -0.15) is 13.2 Å². The minimum atomic E-state index is -4.58. The Morgan fingerprint density at radius 3 is 2.19 bits per heavy atom. The molecule has 0 aromatic heterocycles. The molecular weight excluding hydrogens is 421 g/mol. The van der Waals surface area contributed by atoms with Gasteiger partial charge in [-0.05, 0) is 17.7 Å². The van der Waals surface area contributed by atoms with Gasteiger partial charge in [-0.15, -0.1) is 0 Å². The smallest absolute Gasteiger partial charge is 0.335 e. The molecule has 1 aliphatic heterocycles. The van der Waals surface area contributed by atoms with Crippen molar-refractivity contribution < 1.29 is 22.8 Å². The molecule has 1 saturated heterocycles. The zero-order valence-electron chi connectivity index (χ0n) is 17.9. The van der Waals surface area contributed by atoms with Crippen molar-refractivity contribution in [2.24, 2.45) is 0 Å². The van der Waals surface area contributed by atoms with Gasteiger partial charge in [-0.25, -0.2) is 0 Å². The highest BCUT2D eigenvalue weighted by molar-refractivity contribution is 5.95. The first kappa shape index (κ1) is 23.7. The second kappa shape index (κ2) is 10.6. The minimum absolute atomic E-state index is 0.169. The van der Waals surface area contributed by atoms with Crippen molar-refractivity contribution in [1.29, 1.82) is 0 Å². The van der Waals surface area contributed by atoms with Crippen LogP contribution in [-0.2, 0) is 22.3 Å². The molecule has 2 aromatic rings. The summed E-state index contributed by atoms with van der Waals surface area (Å²) in [6.07, 6.45) is -4.58. The molecule has 0 radical (unpaired) electrons. The fraction of sp³-hybridized carbons (Fsp3) is 0.391. The summed E-state index contributed by atoms with van der Waals surface area (Å²) in [6.45, 7) is 3.85. The third-order valence-corrected chi connectivity index (χ3v) is 5.39. The maximum atomic E-state index is 13.1. The predicted molar refractivity (Wildman–Crippen MR) is 116 cm³/mol. The molecule has 1 fully saturated rings. The standard InChI is InChI=1S/C23H27F3N4O2/c1-28(16-21(31)27-20-10-6-5-9-19(20)23(24,25)26)22(32)17-30-13-11-29(12-14-30)15-18-7-3-2-4-8-18/h2-10H,11-17H2,1H3,(H,27,31). The molecule has 0 aliphatic carbocycles. The molecule has 1 heterocycles. The van der Waals surface area contributed by atoms with Crippen LogP contribution in [0.1, 0.15) is 11.1 Å². The van der Waals surface area contributed by atoms with Gasteiger partial charge < -0.3 is 10.2 Å². The second-order valence-corrected chi connectivity index (χ2v) is 7.88. The van der Waals surface area contributed by atoms with Crippen LogP contribution in [0.3, 0.4) is 0 Å². The summed E-state index contributed by atoms with van der Waals surface area (Å²) < 4.78 is 39.2. The van der Waals surface area contributed by atoms with E-state index < -0.39 is 17.6 Å². The van der Waals surface area contributed by atoms with Crippen LogP contribution in [0.15, 0.2) is 54.6 Å². The first-order valence-electron chi connectivity index (χ1n) is 10.4. The number of hydrogen-bond acceptors (Lipinski definition) is 4. The van der Waals surface area contributed by atoms with Gasteiger partial charge in [0.25, 0.3) is 0 Å². The highest BCUT2D eigenvalue weighted by Gasteiger charge is 2.33. The number of nitrogens with zero attached hydrogens (tertiary/aromatic N) is 3. The molecule has 0 saturated carbocycles. The third kappa shape index (κ3) is 6.80. The summed E-state index contributed by atoms with van der Waals surface area (Å²) in [7, 11) is 1.48. The summed E-state index contributed by atoms with van der Waals surface area (Å²) in [5.74, 6) is -0.925. The molecule has 0 unspecified atom stereocenters. The number of amides is 2. The van der Waals surface area contributed by atoms with Gasteiger partial charge in [0.2, 0.25) is 11.8 Å². The molecule has 0 atom stereocenters. The van der Waals surface area contributed by atoms with Crippen LogP contribution < -0.4 is 5.32 Å². The van der Waals surface area contributed by atoms with Gasteiger partial charge in [-0.3, -0.25) is 19.4 Å². The molecule has 9 heteroatoms. The Labute approximate surface area is 185 Å². The number of piperazine rings is 1. The number of nitrogens with one attached hydrogen (secondary N) is 1. The SMILES string of the molecule is CN(CC(=O)Nc1ccccc1C(F)(F)F)C(=O)CN1CCN(Cc2ccccc2)CC1. The van der Waals surface area contributed by atoms with Crippen LogP contribution >= 0.6 is 0 Å². The topological polar surface area (TPSA) is 55.9 Å². The fourth-order valence-electron chi connectivity index (χ4n) is 3.59. The van der Waals surface area contributed by atoms with Gasteiger partial charge in [0.1, 0.15) is 0 Å². The average Bonchev–Trinajstić information content (AvgIpc) is 2.75. The Bertz CT molecular complexity index is 913. The number of carbonyl (C=O) groups excluding carboxylic acids is 2. The van der Waals surface area contributed by atoms with Crippen LogP contribution in [0.2, 0.25) is 0 Å². The monoisotopic (exact) mass is 448 g/mol. The summed E-state index contributed by atoms with van der Waals surface area (Å²) in [5, 5.41) is 2.26. The average molecular weight is 448 g/mol. The predicted octanol–water partition coefficient (Wildman–Crippen LogP) is 2.92. The molecule has 32 heavy (non-hydrogen) atoms. The van der Waals surface area contributed by atoms with Crippen LogP contribution in [0.4, 0.5) is 18.9 Å². The Kier molecular flexibility index (Phi) is 7.87. The number of alkyl halides is 3. The van der Waals surface area contributed by atoms with Crippen molar-refractivity contribution in [3.63, 3.8) is 0 Å². The maximum Gasteiger partial charge on any atom is 0.418 e. The highest BCUT2D eigenvalue weighted by atomic mass is 19.4. The van der Waals surface area contributed by atoms with Crippen molar-refractivity contribution >= 4 is 17.5 Å².